The number of aryl methyl sites for hydroxylation is 1. The zero-order valence-corrected chi connectivity index (χ0v) is 20.6. The van der Waals surface area contributed by atoms with Gasteiger partial charge in [0.05, 0.1) is 11.1 Å². The van der Waals surface area contributed by atoms with Gasteiger partial charge in [0.2, 0.25) is 5.88 Å². The summed E-state index contributed by atoms with van der Waals surface area (Å²) in [6, 6.07) is 17.0. The van der Waals surface area contributed by atoms with Crippen molar-refractivity contribution in [3.05, 3.63) is 107 Å². The lowest BCUT2D eigenvalue weighted by Crippen LogP contribution is -2.27. The Kier molecular flexibility index (Phi) is 7.62. The van der Waals surface area contributed by atoms with Crippen molar-refractivity contribution in [2.24, 2.45) is 0 Å². The minimum atomic E-state index is -5.01. The number of aromatic nitrogens is 2. The zero-order valence-electron chi connectivity index (χ0n) is 20.6. The van der Waals surface area contributed by atoms with Gasteiger partial charge in [-0.1, -0.05) is 48.5 Å². The molecule has 1 heterocycles. The van der Waals surface area contributed by atoms with Crippen LogP contribution in [0.25, 0.3) is 11.4 Å². The van der Waals surface area contributed by atoms with E-state index in [1.54, 1.807) is 61.5 Å². The average Bonchev–Trinajstić information content (AvgIpc) is 2.89. The van der Waals surface area contributed by atoms with Gasteiger partial charge in [0.25, 0.3) is 5.91 Å². The van der Waals surface area contributed by atoms with Gasteiger partial charge in [-0.2, -0.15) is 31.3 Å². The Morgan fingerprint density at radius 1 is 0.872 bits per heavy atom. The monoisotopic (exact) mass is 545 g/mol. The third kappa shape index (κ3) is 6.54. The molecule has 1 amide bonds. The van der Waals surface area contributed by atoms with Crippen LogP contribution in [0.5, 0.6) is 11.6 Å². The molecule has 5 nitrogen and oxygen atoms in total. The summed E-state index contributed by atoms with van der Waals surface area (Å²) in [5.74, 6) is -0.218. The van der Waals surface area contributed by atoms with Crippen molar-refractivity contribution in [3.8, 4) is 23.0 Å². The first-order chi connectivity index (χ1) is 18.3. The summed E-state index contributed by atoms with van der Waals surface area (Å²) in [4.78, 5) is 23.0. The number of carbonyl (C=O) groups is 1. The van der Waals surface area contributed by atoms with Gasteiger partial charge in [-0.15, -0.1) is 0 Å². The normalized spacial score (nSPS) is 11.8. The first-order valence-corrected chi connectivity index (χ1v) is 11.5. The minimum Gasteiger partial charge on any atom is -0.438 e. The molecular formula is C28H21F6N3O2. The predicted octanol–water partition coefficient (Wildman–Crippen LogP) is 7.55. The van der Waals surface area contributed by atoms with Gasteiger partial charge in [-0.25, -0.2) is 4.98 Å². The van der Waals surface area contributed by atoms with Crippen LogP contribution in [-0.2, 0) is 18.9 Å². The SMILES string of the molecule is Cc1ccccc1Oc1nc(-c2ccccc2)ncc1C(=O)N(C)Cc1cc(C(F)(F)F)cc(C(F)(F)F)c1. The van der Waals surface area contributed by atoms with E-state index in [1.807, 2.05) is 0 Å². The number of ether oxygens (including phenoxy) is 1. The lowest BCUT2D eigenvalue weighted by molar-refractivity contribution is -0.143. The summed E-state index contributed by atoms with van der Waals surface area (Å²) in [6.45, 7) is 1.24. The molecule has 39 heavy (non-hydrogen) atoms. The highest BCUT2D eigenvalue weighted by Gasteiger charge is 2.37. The van der Waals surface area contributed by atoms with Crippen LogP contribution >= 0.6 is 0 Å². The van der Waals surface area contributed by atoms with E-state index < -0.39 is 35.9 Å². The second-order valence-corrected chi connectivity index (χ2v) is 8.72. The number of carbonyl (C=O) groups excluding carboxylic acids is 1. The summed E-state index contributed by atoms with van der Waals surface area (Å²) in [6.07, 6.45) is -8.79. The Hall–Kier alpha value is -4.41. The number of para-hydroxylation sites is 1. The van der Waals surface area contributed by atoms with Gasteiger partial charge in [-0.3, -0.25) is 4.79 Å². The van der Waals surface area contributed by atoms with Gasteiger partial charge in [0, 0.05) is 25.4 Å². The third-order valence-corrected chi connectivity index (χ3v) is 5.73. The number of amides is 1. The molecule has 11 heteroatoms. The number of rotatable bonds is 6. The lowest BCUT2D eigenvalue weighted by Gasteiger charge is -2.21. The van der Waals surface area contributed by atoms with E-state index in [-0.39, 0.29) is 28.9 Å². The average molecular weight is 545 g/mol. The van der Waals surface area contributed by atoms with Gasteiger partial charge in [0.1, 0.15) is 11.3 Å². The van der Waals surface area contributed by atoms with E-state index in [2.05, 4.69) is 9.97 Å². The topological polar surface area (TPSA) is 55.3 Å². The van der Waals surface area contributed by atoms with E-state index >= 15 is 0 Å². The van der Waals surface area contributed by atoms with E-state index in [0.717, 1.165) is 10.5 Å². The molecule has 0 spiro atoms. The maximum absolute atomic E-state index is 13.4. The summed E-state index contributed by atoms with van der Waals surface area (Å²) in [5.41, 5.74) is -2.02. The molecule has 0 saturated heterocycles. The molecule has 0 bridgehead atoms. The molecule has 0 unspecified atom stereocenters. The van der Waals surface area contributed by atoms with Crippen molar-refractivity contribution in [1.29, 1.82) is 0 Å². The van der Waals surface area contributed by atoms with Crippen LogP contribution in [0.4, 0.5) is 26.3 Å². The largest absolute Gasteiger partial charge is 0.438 e. The molecule has 0 atom stereocenters. The molecule has 0 aliphatic carbocycles. The molecule has 0 radical (unpaired) electrons. The predicted molar refractivity (Wildman–Crippen MR) is 131 cm³/mol. The van der Waals surface area contributed by atoms with Crippen LogP contribution < -0.4 is 4.74 Å². The van der Waals surface area contributed by atoms with E-state index in [9.17, 15) is 31.1 Å². The molecular weight excluding hydrogens is 524 g/mol. The Balaban J connectivity index is 1.71. The summed E-state index contributed by atoms with van der Waals surface area (Å²) >= 11 is 0. The Morgan fingerprint density at radius 3 is 2.05 bits per heavy atom. The highest BCUT2D eigenvalue weighted by molar-refractivity contribution is 5.96. The van der Waals surface area contributed by atoms with Crippen LogP contribution in [0.15, 0.2) is 79.0 Å². The highest BCUT2D eigenvalue weighted by Crippen LogP contribution is 2.37. The fourth-order valence-corrected chi connectivity index (χ4v) is 3.75. The van der Waals surface area contributed by atoms with Crippen molar-refractivity contribution in [1.82, 2.24) is 14.9 Å². The first kappa shape index (κ1) is 27.6. The van der Waals surface area contributed by atoms with Crippen molar-refractivity contribution < 1.29 is 35.9 Å². The number of alkyl halides is 6. The van der Waals surface area contributed by atoms with Crippen molar-refractivity contribution in [2.45, 2.75) is 25.8 Å². The zero-order chi connectivity index (χ0) is 28.4. The minimum absolute atomic E-state index is 0.0373. The van der Waals surface area contributed by atoms with Crippen molar-refractivity contribution >= 4 is 5.91 Å². The number of nitrogens with zero attached hydrogens (tertiary/aromatic N) is 3. The number of halogens is 6. The number of hydrogen-bond acceptors (Lipinski definition) is 4. The molecule has 1 aromatic heterocycles. The standard InChI is InChI=1S/C28H21F6N3O2/c1-17-8-6-7-11-23(17)39-25-22(15-35-24(36-25)19-9-4-3-5-10-19)26(38)37(2)16-18-12-20(27(29,30)31)14-21(13-18)28(32,33)34/h3-15H,16H2,1-2H3. The van der Waals surface area contributed by atoms with Gasteiger partial charge in [0.15, 0.2) is 5.82 Å². The van der Waals surface area contributed by atoms with Crippen LogP contribution in [0.3, 0.4) is 0 Å². The summed E-state index contributed by atoms with van der Waals surface area (Å²) < 4.78 is 85.7. The van der Waals surface area contributed by atoms with Crippen LogP contribution in [-0.4, -0.2) is 27.8 Å². The van der Waals surface area contributed by atoms with Crippen LogP contribution in [0.2, 0.25) is 0 Å². The van der Waals surface area contributed by atoms with Crippen LogP contribution in [0, 0.1) is 6.92 Å². The molecule has 0 fully saturated rings. The maximum Gasteiger partial charge on any atom is 0.416 e. The molecule has 3 aromatic carbocycles. The van der Waals surface area contributed by atoms with Crippen molar-refractivity contribution in [2.75, 3.05) is 7.05 Å². The molecule has 202 valence electrons. The summed E-state index contributed by atoms with van der Waals surface area (Å²) in [7, 11) is 1.25. The summed E-state index contributed by atoms with van der Waals surface area (Å²) in [5, 5.41) is 0. The molecule has 0 aliphatic heterocycles. The fraction of sp³-hybridized carbons (Fsp3) is 0.179. The van der Waals surface area contributed by atoms with Gasteiger partial charge < -0.3 is 9.64 Å². The molecule has 4 rings (SSSR count). The highest BCUT2D eigenvalue weighted by atomic mass is 19.4. The Labute approximate surface area is 219 Å². The molecule has 4 aromatic rings. The number of hydrogen-bond donors (Lipinski definition) is 0. The Morgan fingerprint density at radius 2 is 1.46 bits per heavy atom. The quantitative estimate of drug-likeness (QED) is 0.235. The van der Waals surface area contributed by atoms with E-state index in [4.69, 9.17) is 4.74 Å². The smallest absolute Gasteiger partial charge is 0.416 e. The van der Waals surface area contributed by atoms with Gasteiger partial charge in [-0.05, 0) is 42.3 Å². The molecule has 0 aliphatic rings. The third-order valence-electron chi connectivity index (χ3n) is 5.73. The second kappa shape index (κ2) is 10.8. The maximum atomic E-state index is 13.4. The molecule has 0 N–H and O–H groups in total. The molecule has 0 saturated carbocycles. The van der Waals surface area contributed by atoms with E-state index in [1.165, 1.54) is 13.2 Å². The van der Waals surface area contributed by atoms with Crippen LogP contribution in [0.1, 0.15) is 32.6 Å². The van der Waals surface area contributed by atoms with Crippen molar-refractivity contribution in [3.63, 3.8) is 0 Å². The first-order valence-electron chi connectivity index (χ1n) is 11.5. The van der Waals surface area contributed by atoms with Gasteiger partial charge >= 0.3 is 12.4 Å². The lowest BCUT2D eigenvalue weighted by atomic mass is 10.0. The fourth-order valence-electron chi connectivity index (χ4n) is 3.75. The second-order valence-electron chi connectivity index (χ2n) is 8.72. The Bertz CT molecular complexity index is 1450. The number of benzene rings is 3. The van der Waals surface area contributed by atoms with E-state index in [0.29, 0.717) is 23.4 Å².